The van der Waals surface area contributed by atoms with Gasteiger partial charge in [-0.3, -0.25) is 4.98 Å². The predicted molar refractivity (Wildman–Crippen MR) is 114 cm³/mol. The highest BCUT2D eigenvalue weighted by molar-refractivity contribution is 5.71. The third-order valence-corrected chi connectivity index (χ3v) is 7.21. The maximum atomic E-state index is 14.1. The Kier molecular flexibility index (Phi) is 5.02. The number of alkyl halides is 2. The summed E-state index contributed by atoms with van der Waals surface area (Å²) in [6, 6.07) is 10.0. The Morgan fingerprint density at radius 3 is 2.72 bits per heavy atom. The van der Waals surface area contributed by atoms with E-state index >= 15 is 0 Å². The molecule has 4 nitrogen and oxygen atoms in total. The number of aromatic nitrogens is 1. The third-order valence-electron chi connectivity index (χ3n) is 7.21. The number of pyridine rings is 1. The molecule has 0 radical (unpaired) electrons. The molecule has 0 bridgehead atoms. The van der Waals surface area contributed by atoms with E-state index in [1.54, 1.807) is 19.3 Å². The molecular formula is C25H25F3N2O2. The normalized spacial score (nSPS) is 31.3. The van der Waals surface area contributed by atoms with E-state index in [4.69, 9.17) is 4.74 Å². The molecule has 0 N–H and O–H groups in total. The Balaban J connectivity index is 1.40. The van der Waals surface area contributed by atoms with Crippen LogP contribution in [-0.2, 0) is 4.74 Å². The van der Waals surface area contributed by atoms with Crippen LogP contribution >= 0.6 is 0 Å². The zero-order chi connectivity index (χ0) is 22.5. The van der Waals surface area contributed by atoms with Gasteiger partial charge in [0.1, 0.15) is 11.4 Å². The summed E-state index contributed by atoms with van der Waals surface area (Å²) in [7, 11) is 1.68. The Bertz CT molecular complexity index is 1060. The number of likely N-dealkylation sites (N-methyl/N-ethyl adjacent to an activating group) is 1. The first-order chi connectivity index (χ1) is 15.2. The lowest BCUT2D eigenvalue weighted by atomic mass is 9.75. The van der Waals surface area contributed by atoms with Crippen molar-refractivity contribution in [2.45, 2.75) is 37.2 Å². The Hall–Kier alpha value is -2.83. The molecule has 32 heavy (non-hydrogen) atoms. The van der Waals surface area contributed by atoms with E-state index in [0.29, 0.717) is 25.1 Å². The van der Waals surface area contributed by atoms with Gasteiger partial charge in [-0.2, -0.15) is 0 Å². The summed E-state index contributed by atoms with van der Waals surface area (Å²) in [4.78, 5) is 18.2. The van der Waals surface area contributed by atoms with Crippen molar-refractivity contribution in [2.75, 3.05) is 13.6 Å². The van der Waals surface area contributed by atoms with Gasteiger partial charge in [-0.1, -0.05) is 24.3 Å². The van der Waals surface area contributed by atoms with Crippen molar-refractivity contribution in [3.8, 4) is 11.1 Å². The predicted octanol–water partition coefficient (Wildman–Crippen LogP) is 5.79. The quantitative estimate of drug-likeness (QED) is 0.604. The van der Waals surface area contributed by atoms with E-state index in [-0.39, 0.29) is 36.4 Å². The molecule has 2 aromatic rings. The molecule has 5 rings (SSSR count). The number of fused-ring (bicyclic) bond motifs is 1. The van der Waals surface area contributed by atoms with Gasteiger partial charge in [-0.25, -0.2) is 18.0 Å². The minimum atomic E-state index is -2.65. The summed E-state index contributed by atoms with van der Waals surface area (Å²) < 4.78 is 47.5. The summed E-state index contributed by atoms with van der Waals surface area (Å²) >= 11 is 0. The zero-order valence-corrected chi connectivity index (χ0v) is 17.8. The smallest absolute Gasteiger partial charge is 0.410 e. The molecular weight excluding hydrogens is 417 g/mol. The molecule has 1 unspecified atom stereocenters. The van der Waals surface area contributed by atoms with Crippen LogP contribution in [0.15, 0.2) is 48.7 Å². The molecule has 3 aliphatic rings. The maximum absolute atomic E-state index is 14.1. The van der Waals surface area contributed by atoms with E-state index in [1.165, 1.54) is 17.0 Å². The Morgan fingerprint density at radius 2 is 2.03 bits per heavy atom. The molecule has 1 saturated heterocycles. The summed E-state index contributed by atoms with van der Waals surface area (Å²) in [5.74, 6) is -3.21. The Labute approximate surface area is 185 Å². The van der Waals surface area contributed by atoms with Gasteiger partial charge in [0.05, 0.1) is 12.2 Å². The Morgan fingerprint density at radius 1 is 1.19 bits per heavy atom. The second-order valence-electron chi connectivity index (χ2n) is 9.38. The summed E-state index contributed by atoms with van der Waals surface area (Å²) in [5.41, 5.74) is 1.50. The molecule has 7 heteroatoms. The fourth-order valence-corrected chi connectivity index (χ4v) is 5.81. The fourth-order valence-electron chi connectivity index (χ4n) is 5.81. The van der Waals surface area contributed by atoms with Crippen LogP contribution in [-0.4, -0.2) is 41.1 Å². The van der Waals surface area contributed by atoms with Crippen molar-refractivity contribution in [1.82, 2.24) is 9.88 Å². The third kappa shape index (κ3) is 3.78. The van der Waals surface area contributed by atoms with E-state index in [2.05, 4.69) is 4.98 Å². The molecule has 1 amide bonds. The number of benzene rings is 1. The molecule has 4 atom stereocenters. The van der Waals surface area contributed by atoms with Gasteiger partial charge in [0, 0.05) is 37.6 Å². The SMILES string of the molecule is CN1CC2(C[C@H]3CC(F)(F)CC[C@H]3[C@@H]2/C=C/c2ccc(-c3cccc(F)c3)cn2)OC1=O. The van der Waals surface area contributed by atoms with Gasteiger partial charge in [0.15, 0.2) is 0 Å². The highest BCUT2D eigenvalue weighted by Gasteiger charge is 2.61. The number of hydrogen-bond donors (Lipinski definition) is 0. The van der Waals surface area contributed by atoms with E-state index < -0.39 is 17.6 Å². The van der Waals surface area contributed by atoms with Crippen molar-refractivity contribution in [2.24, 2.45) is 17.8 Å². The van der Waals surface area contributed by atoms with Crippen LogP contribution < -0.4 is 0 Å². The second-order valence-corrected chi connectivity index (χ2v) is 9.38. The number of carbonyl (C=O) groups is 1. The monoisotopic (exact) mass is 442 g/mol. The highest BCUT2D eigenvalue weighted by atomic mass is 19.3. The molecule has 3 fully saturated rings. The van der Waals surface area contributed by atoms with Gasteiger partial charge >= 0.3 is 6.09 Å². The standard InChI is InChI=1S/C25H25F3N2O2/c1-30-15-24(32-23(30)31)12-18-13-25(27,28)10-9-21(18)22(24)8-7-20-6-5-17(14-29-20)16-3-2-4-19(26)11-16/h2-8,11,14,18,21-22H,9-10,12-13,15H2,1H3/b8-7+/t18-,21+,22-,24?/m0/s1. The van der Waals surface area contributed by atoms with Gasteiger partial charge < -0.3 is 9.64 Å². The highest BCUT2D eigenvalue weighted by Crippen LogP contribution is 2.57. The summed E-state index contributed by atoms with van der Waals surface area (Å²) in [5, 5.41) is 0. The minimum Gasteiger partial charge on any atom is -0.440 e. The van der Waals surface area contributed by atoms with E-state index in [0.717, 1.165) is 11.1 Å². The number of amides is 1. The van der Waals surface area contributed by atoms with Crippen molar-refractivity contribution in [3.05, 3.63) is 60.2 Å². The van der Waals surface area contributed by atoms with Crippen molar-refractivity contribution < 1.29 is 22.7 Å². The van der Waals surface area contributed by atoms with Crippen LogP contribution in [0.3, 0.4) is 0 Å². The van der Waals surface area contributed by atoms with Crippen LogP contribution in [0.1, 0.15) is 31.4 Å². The first-order valence-corrected chi connectivity index (χ1v) is 11.0. The maximum Gasteiger partial charge on any atom is 0.410 e. The van der Waals surface area contributed by atoms with Gasteiger partial charge in [-0.05, 0) is 54.5 Å². The second kappa shape index (κ2) is 7.64. The average molecular weight is 442 g/mol. The number of ether oxygens (including phenoxy) is 1. The fraction of sp³-hybridized carbons (Fsp3) is 0.440. The van der Waals surface area contributed by atoms with Crippen LogP contribution in [0.5, 0.6) is 0 Å². The van der Waals surface area contributed by atoms with Gasteiger partial charge in [0.2, 0.25) is 5.92 Å². The lowest BCUT2D eigenvalue weighted by Crippen LogP contribution is -2.38. The average Bonchev–Trinajstić information content (AvgIpc) is 3.19. The van der Waals surface area contributed by atoms with Crippen molar-refractivity contribution in [3.63, 3.8) is 0 Å². The lowest BCUT2D eigenvalue weighted by molar-refractivity contribution is -0.0659. The van der Waals surface area contributed by atoms with Crippen molar-refractivity contribution in [1.29, 1.82) is 0 Å². The number of nitrogens with zero attached hydrogens (tertiary/aromatic N) is 2. The molecule has 1 spiro atoms. The topological polar surface area (TPSA) is 42.4 Å². The molecule has 1 aliphatic heterocycles. The zero-order valence-electron chi connectivity index (χ0n) is 17.8. The van der Waals surface area contributed by atoms with Gasteiger partial charge in [0.25, 0.3) is 0 Å². The lowest BCUT2D eigenvalue weighted by Gasteiger charge is -2.34. The molecule has 1 aromatic heterocycles. The molecule has 2 heterocycles. The number of hydrogen-bond acceptors (Lipinski definition) is 3. The number of halogens is 3. The number of rotatable bonds is 3. The number of carbonyl (C=O) groups excluding carboxylic acids is 1. The van der Waals surface area contributed by atoms with Crippen molar-refractivity contribution >= 4 is 12.2 Å². The van der Waals surface area contributed by atoms with Crippen LogP contribution in [0, 0.1) is 23.6 Å². The minimum absolute atomic E-state index is 0.0525. The molecule has 2 aliphatic carbocycles. The van der Waals surface area contributed by atoms with Gasteiger partial charge in [-0.15, -0.1) is 0 Å². The molecule has 1 aromatic carbocycles. The van der Waals surface area contributed by atoms with Crippen LogP contribution in [0.2, 0.25) is 0 Å². The molecule has 168 valence electrons. The first-order valence-electron chi connectivity index (χ1n) is 11.0. The van der Waals surface area contributed by atoms with E-state index in [1.807, 2.05) is 30.4 Å². The summed E-state index contributed by atoms with van der Waals surface area (Å²) in [6.07, 6.45) is 5.77. The largest absolute Gasteiger partial charge is 0.440 e. The summed E-state index contributed by atoms with van der Waals surface area (Å²) in [6.45, 7) is 0.408. The van der Waals surface area contributed by atoms with E-state index in [9.17, 15) is 18.0 Å². The first kappa shape index (κ1) is 21.0. The van der Waals surface area contributed by atoms with Crippen LogP contribution in [0.4, 0.5) is 18.0 Å². The molecule has 2 saturated carbocycles. The van der Waals surface area contributed by atoms with Crippen LogP contribution in [0.25, 0.3) is 17.2 Å².